The quantitative estimate of drug-likeness (QED) is 0.858. The normalized spacial score (nSPS) is 16.8. The zero-order valence-corrected chi connectivity index (χ0v) is 11.3. The van der Waals surface area contributed by atoms with Crippen LogP contribution in [-0.2, 0) is 11.2 Å². The Bertz CT molecular complexity index is 616. The second-order valence-electron chi connectivity index (χ2n) is 4.99. The van der Waals surface area contributed by atoms with Crippen LogP contribution in [-0.4, -0.2) is 18.5 Å². The van der Waals surface area contributed by atoms with E-state index in [1.54, 1.807) is 0 Å². The first-order chi connectivity index (χ1) is 9.72. The van der Waals surface area contributed by atoms with Gasteiger partial charge in [-0.25, -0.2) is 0 Å². The molecule has 2 aromatic rings. The molecular weight excluding hydrogens is 252 g/mol. The fourth-order valence-corrected chi connectivity index (χ4v) is 2.20. The molecule has 0 fully saturated rings. The van der Waals surface area contributed by atoms with Gasteiger partial charge in [0.1, 0.15) is 6.61 Å². The Morgan fingerprint density at radius 2 is 1.80 bits per heavy atom. The number of hydrogen-bond donors (Lipinski definition) is 0. The molecule has 0 aliphatic carbocycles. The Hall–Kier alpha value is -2.29. The van der Waals surface area contributed by atoms with Crippen molar-refractivity contribution in [3.05, 3.63) is 59.7 Å². The summed E-state index contributed by atoms with van der Waals surface area (Å²) < 4.78 is 11.3. The van der Waals surface area contributed by atoms with E-state index >= 15 is 0 Å². The van der Waals surface area contributed by atoms with Gasteiger partial charge in [-0.15, -0.1) is 0 Å². The number of para-hydroxylation sites is 2. The third-order valence-electron chi connectivity index (χ3n) is 3.37. The fraction of sp³-hybridized carbons (Fsp3) is 0.235. The predicted molar refractivity (Wildman–Crippen MR) is 76.2 cm³/mol. The number of carbonyl (C=O) groups is 1. The average molecular weight is 268 g/mol. The number of hydrogen-bond acceptors (Lipinski definition) is 3. The molecule has 2 aromatic carbocycles. The summed E-state index contributed by atoms with van der Waals surface area (Å²) in [4.78, 5) is 12.3. The lowest BCUT2D eigenvalue weighted by atomic mass is 10.0. The number of rotatable bonds is 3. The zero-order chi connectivity index (χ0) is 13.9. The van der Waals surface area contributed by atoms with Gasteiger partial charge in [0.25, 0.3) is 0 Å². The summed E-state index contributed by atoms with van der Waals surface area (Å²) in [7, 11) is 0. The molecule has 3 rings (SSSR count). The van der Waals surface area contributed by atoms with E-state index in [0.717, 1.165) is 5.56 Å². The van der Waals surface area contributed by atoms with Crippen LogP contribution in [0.25, 0.3) is 0 Å². The molecule has 0 radical (unpaired) electrons. The van der Waals surface area contributed by atoms with Gasteiger partial charge in [0, 0.05) is 6.42 Å². The molecular formula is C17H16O3. The lowest BCUT2D eigenvalue weighted by molar-refractivity contribution is -0.127. The van der Waals surface area contributed by atoms with Gasteiger partial charge in [0.2, 0.25) is 0 Å². The minimum Gasteiger partial charge on any atom is -0.485 e. The third-order valence-corrected chi connectivity index (χ3v) is 3.37. The van der Waals surface area contributed by atoms with Gasteiger partial charge in [0.05, 0.1) is 0 Å². The monoisotopic (exact) mass is 268 g/mol. The Morgan fingerprint density at radius 1 is 1.10 bits per heavy atom. The summed E-state index contributed by atoms with van der Waals surface area (Å²) >= 11 is 0. The molecule has 0 aromatic heterocycles. The van der Waals surface area contributed by atoms with Gasteiger partial charge in [-0.1, -0.05) is 42.0 Å². The van der Waals surface area contributed by atoms with Crippen molar-refractivity contribution in [1.29, 1.82) is 0 Å². The van der Waals surface area contributed by atoms with Gasteiger partial charge >= 0.3 is 0 Å². The van der Waals surface area contributed by atoms with Crippen LogP contribution in [0.1, 0.15) is 11.1 Å². The molecule has 0 N–H and O–H groups in total. The molecule has 0 spiro atoms. The molecule has 3 heteroatoms. The number of carbonyl (C=O) groups excluding carboxylic acids is 1. The van der Waals surface area contributed by atoms with Gasteiger partial charge in [-0.05, 0) is 24.6 Å². The Labute approximate surface area is 118 Å². The summed E-state index contributed by atoms with van der Waals surface area (Å²) in [5.41, 5.74) is 2.19. The first-order valence-corrected chi connectivity index (χ1v) is 6.69. The largest absolute Gasteiger partial charge is 0.485 e. The van der Waals surface area contributed by atoms with Crippen LogP contribution in [0.3, 0.4) is 0 Å². The summed E-state index contributed by atoms with van der Waals surface area (Å²) in [5.74, 6) is 1.39. The van der Waals surface area contributed by atoms with E-state index in [1.807, 2.05) is 55.5 Å². The van der Waals surface area contributed by atoms with Gasteiger partial charge in [-0.3, -0.25) is 4.79 Å². The third kappa shape index (κ3) is 2.67. The highest BCUT2D eigenvalue weighted by molar-refractivity contribution is 5.86. The molecule has 0 saturated heterocycles. The molecule has 1 aliphatic heterocycles. The van der Waals surface area contributed by atoms with Crippen LogP contribution in [0.2, 0.25) is 0 Å². The number of ether oxygens (including phenoxy) is 2. The maximum atomic E-state index is 12.3. The number of aryl methyl sites for hydroxylation is 1. The first-order valence-electron chi connectivity index (χ1n) is 6.69. The summed E-state index contributed by atoms with van der Waals surface area (Å²) in [6.45, 7) is 2.31. The highest BCUT2D eigenvalue weighted by Crippen LogP contribution is 2.31. The molecule has 0 saturated carbocycles. The predicted octanol–water partition coefficient (Wildman–Crippen LogP) is 2.95. The number of Topliss-reactive ketones (excluding diaryl/α,β-unsaturated/α-hetero) is 1. The number of fused-ring (bicyclic) bond motifs is 1. The standard InChI is InChI=1S/C17H16O3/c1-12-6-8-13(9-7-12)10-14(18)17-11-19-15-4-2-3-5-16(15)20-17/h2-9,17H,10-11H2,1H3. The molecule has 1 aliphatic rings. The van der Waals surface area contributed by atoms with Gasteiger partial charge in [0.15, 0.2) is 23.4 Å². The smallest absolute Gasteiger partial charge is 0.191 e. The highest BCUT2D eigenvalue weighted by Gasteiger charge is 2.26. The molecule has 20 heavy (non-hydrogen) atoms. The van der Waals surface area contributed by atoms with Crippen molar-refractivity contribution in [2.24, 2.45) is 0 Å². The zero-order valence-electron chi connectivity index (χ0n) is 11.3. The van der Waals surface area contributed by atoms with Crippen LogP contribution in [0.15, 0.2) is 48.5 Å². The summed E-state index contributed by atoms with van der Waals surface area (Å²) in [6.07, 6.45) is -0.151. The van der Waals surface area contributed by atoms with Crippen molar-refractivity contribution in [3.8, 4) is 11.5 Å². The van der Waals surface area contributed by atoms with Crippen molar-refractivity contribution in [2.45, 2.75) is 19.4 Å². The van der Waals surface area contributed by atoms with E-state index in [0.29, 0.717) is 17.9 Å². The maximum Gasteiger partial charge on any atom is 0.191 e. The number of benzene rings is 2. The second kappa shape index (κ2) is 5.37. The van der Waals surface area contributed by atoms with Crippen LogP contribution < -0.4 is 9.47 Å². The molecule has 0 amide bonds. The Kier molecular flexibility index (Phi) is 3.42. The van der Waals surface area contributed by atoms with E-state index in [1.165, 1.54) is 5.56 Å². The van der Waals surface area contributed by atoms with Crippen molar-refractivity contribution >= 4 is 5.78 Å². The fourth-order valence-electron chi connectivity index (χ4n) is 2.20. The molecule has 0 bridgehead atoms. The van der Waals surface area contributed by atoms with Crippen LogP contribution in [0.4, 0.5) is 0 Å². The minimum atomic E-state index is -0.522. The first kappa shape index (κ1) is 12.7. The topological polar surface area (TPSA) is 35.5 Å². The maximum absolute atomic E-state index is 12.3. The summed E-state index contributed by atoms with van der Waals surface area (Å²) in [6, 6.07) is 15.4. The van der Waals surface area contributed by atoms with Crippen molar-refractivity contribution in [3.63, 3.8) is 0 Å². The molecule has 1 heterocycles. The van der Waals surface area contributed by atoms with E-state index in [4.69, 9.17) is 9.47 Å². The van der Waals surface area contributed by atoms with E-state index < -0.39 is 6.10 Å². The average Bonchev–Trinajstić information content (AvgIpc) is 2.49. The molecule has 102 valence electrons. The van der Waals surface area contributed by atoms with Crippen LogP contribution >= 0.6 is 0 Å². The van der Waals surface area contributed by atoms with E-state index in [2.05, 4.69) is 0 Å². The number of ketones is 1. The van der Waals surface area contributed by atoms with Gasteiger partial charge in [-0.2, -0.15) is 0 Å². The Morgan fingerprint density at radius 3 is 2.55 bits per heavy atom. The minimum absolute atomic E-state index is 0.0448. The summed E-state index contributed by atoms with van der Waals surface area (Å²) in [5, 5.41) is 0. The Balaban J connectivity index is 1.68. The van der Waals surface area contributed by atoms with Crippen LogP contribution in [0, 0.1) is 6.92 Å². The van der Waals surface area contributed by atoms with E-state index in [9.17, 15) is 4.79 Å². The van der Waals surface area contributed by atoms with E-state index in [-0.39, 0.29) is 12.4 Å². The van der Waals surface area contributed by atoms with Crippen LogP contribution in [0.5, 0.6) is 11.5 Å². The molecule has 1 unspecified atom stereocenters. The van der Waals surface area contributed by atoms with Gasteiger partial charge < -0.3 is 9.47 Å². The molecule has 3 nitrogen and oxygen atoms in total. The van der Waals surface area contributed by atoms with Crippen molar-refractivity contribution in [1.82, 2.24) is 0 Å². The lowest BCUT2D eigenvalue weighted by Crippen LogP contribution is -2.37. The van der Waals surface area contributed by atoms with Crippen molar-refractivity contribution in [2.75, 3.05) is 6.61 Å². The van der Waals surface area contributed by atoms with Crippen molar-refractivity contribution < 1.29 is 14.3 Å². The SMILES string of the molecule is Cc1ccc(CC(=O)C2COc3ccccc3O2)cc1. The second-order valence-corrected chi connectivity index (χ2v) is 4.99. The lowest BCUT2D eigenvalue weighted by Gasteiger charge is -2.25. The molecule has 1 atom stereocenters. The highest BCUT2D eigenvalue weighted by atomic mass is 16.6.